The Morgan fingerprint density at radius 3 is 2.71 bits per heavy atom. The fraction of sp³-hybridized carbons (Fsp3) is 0.409. The quantitative estimate of drug-likeness (QED) is 0.808. The lowest BCUT2D eigenvalue weighted by atomic mass is 9.88. The van der Waals surface area contributed by atoms with E-state index in [1.54, 1.807) is 18.2 Å². The zero-order chi connectivity index (χ0) is 19.7. The molecule has 2 fully saturated rings. The van der Waals surface area contributed by atoms with Gasteiger partial charge in [-0.1, -0.05) is 12.1 Å². The zero-order valence-electron chi connectivity index (χ0n) is 15.5. The molecule has 1 aliphatic carbocycles. The van der Waals surface area contributed by atoms with E-state index in [0.29, 0.717) is 28.7 Å². The van der Waals surface area contributed by atoms with E-state index in [4.69, 9.17) is 0 Å². The van der Waals surface area contributed by atoms with Gasteiger partial charge in [-0.3, -0.25) is 9.59 Å². The van der Waals surface area contributed by atoms with Crippen molar-refractivity contribution >= 4 is 5.78 Å². The number of ketones is 1. The third-order valence-electron chi connectivity index (χ3n) is 5.96. The minimum Gasteiger partial charge on any atom is -0.329 e. The molecule has 0 radical (unpaired) electrons. The summed E-state index contributed by atoms with van der Waals surface area (Å²) in [6.07, 6.45) is 5.11. The average Bonchev–Trinajstić information content (AvgIpc) is 3.32. The number of nitrogens with one attached hydrogen (secondary N) is 2. The third-order valence-corrected chi connectivity index (χ3v) is 5.96. The Morgan fingerprint density at radius 2 is 2.07 bits per heavy atom. The van der Waals surface area contributed by atoms with Gasteiger partial charge in [-0.15, -0.1) is 0 Å². The van der Waals surface area contributed by atoms with E-state index in [1.807, 2.05) is 0 Å². The molecule has 0 unspecified atom stereocenters. The summed E-state index contributed by atoms with van der Waals surface area (Å²) in [5.41, 5.74) is 1.39. The monoisotopic (exact) mass is 379 g/mol. The number of piperidine rings is 1. The standard InChI is InChI=1S/C22H22FN3O2/c23-19-10-14(15-5-6-25-21(28)11-15)1-2-16(19)7-13(12-24)8-20(27)22-17-3-4-18(9-17)26-22/h1-2,5-6,10-11,13,17-18,22,26H,3-4,7-9H2,(H,25,28)/t13-,17+,18-,22+/m1/s1. The van der Waals surface area contributed by atoms with Gasteiger partial charge in [-0.25, -0.2) is 4.39 Å². The van der Waals surface area contributed by atoms with Gasteiger partial charge in [0.2, 0.25) is 5.56 Å². The number of pyridine rings is 1. The maximum Gasteiger partial charge on any atom is 0.248 e. The molecule has 0 spiro atoms. The molecule has 2 aromatic rings. The van der Waals surface area contributed by atoms with E-state index in [2.05, 4.69) is 16.4 Å². The van der Waals surface area contributed by atoms with Crippen LogP contribution in [0, 0.1) is 29.0 Å². The Labute approximate surface area is 162 Å². The number of nitrogens with zero attached hydrogens (tertiary/aromatic N) is 1. The predicted octanol–water partition coefficient (Wildman–Crippen LogP) is 2.96. The number of hydrogen-bond acceptors (Lipinski definition) is 4. The highest BCUT2D eigenvalue weighted by Gasteiger charge is 2.42. The van der Waals surface area contributed by atoms with Crippen molar-refractivity contribution in [2.24, 2.45) is 11.8 Å². The van der Waals surface area contributed by atoms with Gasteiger partial charge >= 0.3 is 0 Å². The Kier molecular flexibility index (Phi) is 5.10. The fourth-order valence-corrected chi connectivity index (χ4v) is 4.53. The van der Waals surface area contributed by atoms with Crippen LogP contribution >= 0.6 is 0 Å². The number of fused-ring (bicyclic) bond motifs is 2. The number of nitriles is 1. The first kappa shape index (κ1) is 18.6. The summed E-state index contributed by atoms with van der Waals surface area (Å²) in [5.74, 6) is -0.516. The van der Waals surface area contributed by atoms with Crippen molar-refractivity contribution in [2.45, 2.75) is 44.2 Å². The fourth-order valence-electron chi connectivity index (χ4n) is 4.53. The van der Waals surface area contributed by atoms with Crippen LogP contribution < -0.4 is 10.9 Å². The molecule has 28 heavy (non-hydrogen) atoms. The number of hydrogen-bond donors (Lipinski definition) is 2. The maximum atomic E-state index is 14.6. The number of aromatic amines is 1. The zero-order valence-corrected chi connectivity index (χ0v) is 15.5. The van der Waals surface area contributed by atoms with Crippen LogP contribution in [0.15, 0.2) is 41.3 Å². The smallest absolute Gasteiger partial charge is 0.248 e. The number of H-pyrrole nitrogens is 1. The number of carbonyl (C=O) groups excluding carboxylic acids is 1. The van der Waals surface area contributed by atoms with E-state index in [0.717, 1.165) is 19.3 Å². The van der Waals surface area contributed by atoms with Gasteiger partial charge in [0.25, 0.3) is 0 Å². The van der Waals surface area contributed by atoms with Crippen molar-refractivity contribution in [3.05, 3.63) is 58.3 Å². The van der Waals surface area contributed by atoms with Gasteiger partial charge in [0.05, 0.1) is 18.0 Å². The van der Waals surface area contributed by atoms with E-state index in [9.17, 15) is 19.2 Å². The molecule has 2 heterocycles. The number of aromatic nitrogens is 1. The largest absolute Gasteiger partial charge is 0.329 e. The van der Waals surface area contributed by atoms with Crippen LogP contribution in [-0.2, 0) is 11.2 Å². The SMILES string of the molecule is N#C[C@@H](CC(=O)[C@H]1N[C@@H]2CC[C@H]1C2)Cc1ccc(-c2cc[nH]c(=O)c2)cc1F. The van der Waals surface area contributed by atoms with Crippen molar-refractivity contribution in [1.82, 2.24) is 10.3 Å². The van der Waals surface area contributed by atoms with Crippen LogP contribution in [0.3, 0.4) is 0 Å². The molecule has 2 N–H and O–H groups in total. The van der Waals surface area contributed by atoms with Gasteiger partial charge in [0.1, 0.15) is 5.82 Å². The van der Waals surface area contributed by atoms with Crippen LogP contribution in [0.4, 0.5) is 4.39 Å². The molecule has 1 aromatic carbocycles. The third kappa shape index (κ3) is 3.76. The van der Waals surface area contributed by atoms with Crippen LogP contribution in [-0.4, -0.2) is 22.9 Å². The molecule has 4 rings (SSSR count). The van der Waals surface area contributed by atoms with Crippen molar-refractivity contribution in [1.29, 1.82) is 5.26 Å². The molecule has 2 bridgehead atoms. The molecule has 1 aliphatic heterocycles. The molecule has 1 saturated heterocycles. The molecule has 144 valence electrons. The maximum absolute atomic E-state index is 14.6. The normalized spacial score (nSPS) is 24.1. The molecular weight excluding hydrogens is 357 g/mol. The van der Waals surface area contributed by atoms with Gasteiger partial charge in [0, 0.05) is 24.7 Å². The molecule has 5 nitrogen and oxygen atoms in total. The summed E-state index contributed by atoms with van der Waals surface area (Å²) < 4.78 is 14.6. The lowest BCUT2D eigenvalue weighted by Gasteiger charge is -2.22. The van der Waals surface area contributed by atoms with Crippen molar-refractivity contribution in [3.8, 4) is 17.2 Å². The number of halogens is 1. The minimum atomic E-state index is -0.548. The highest BCUT2D eigenvalue weighted by Crippen LogP contribution is 2.36. The molecular formula is C22H22FN3O2. The molecule has 4 atom stereocenters. The van der Waals surface area contributed by atoms with Crippen LogP contribution in [0.2, 0.25) is 0 Å². The predicted molar refractivity (Wildman–Crippen MR) is 103 cm³/mol. The van der Waals surface area contributed by atoms with E-state index < -0.39 is 11.7 Å². The first-order valence-corrected chi connectivity index (χ1v) is 9.69. The Morgan fingerprint density at radius 1 is 1.25 bits per heavy atom. The Balaban J connectivity index is 1.44. The lowest BCUT2D eigenvalue weighted by Crippen LogP contribution is -2.42. The lowest BCUT2D eigenvalue weighted by molar-refractivity contribution is -0.122. The summed E-state index contributed by atoms with van der Waals surface area (Å²) in [4.78, 5) is 26.6. The highest BCUT2D eigenvalue weighted by molar-refractivity contribution is 5.85. The molecule has 6 heteroatoms. The van der Waals surface area contributed by atoms with Crippen molar-refractivity contribution in [3.63, 3.8) is 0 Å². The Bertz CT molecular complexity index is 994. The van der Waals surface area contributed by atoms with Crippen LogP contribution in [0.5, 0.6) is 0 Å². The molecule has 1 saturated carbocycles. The average molecular weight is 379 g/mol. The number of benzene rings is 1. The summed E-state index contributed by atoms with van der Waals surface area (Å²) in [6, 6.07) is 10.3. The van der Waals surface area contributed by atoms with Gasteiger partial charge in [-0.2, -0.15) is 5.26 Å². The van der Waals surface area contributed by atoms with Crippen molar-refractivity contribution < 1.29 is 9.18 Å². The minimum absolute atomic E-state index is 0.0688. The Hall–Kier alpha value is -2.78. The molecule has 2 aliphatic rings. The second-order valence-corrected chi connectivity index (χ2v) is 7.86. The molecule has 1 aromatic heterocycles. The second kappa shape index (κ2) is 7.69. The van der Waals surface area contributed by atoms with Crippen molar-refractivity contribution in [2.75, 3.05) is 0 Å². The topological polar surface area (TPSA) is 85.8 Å². The summed E-state index contributed by atoms with van der Waals surface area (Å²) in [6.45, 7) is 0. The summed E-state index contributed by atoms with van der Waals surface area (Å²) in [5, 5.41) is 12.8. The number of Topliss-reactive ketones (excluding diaryl/α,β-unsaturated/α-hetero) is 1. The highest BCUT2D eigenvalue weighted by atomic mass is 19.1. The number of carbonyl (C=O) groups is 1. The summed E-state index contributed by atoms with van der Waals surface area (Å²) >= 11 is 0. The number of rotatable bonds is 6. The van der Waals surface area contributed by atoms with E-state index >= 15 is 0 Å². The van der Waals surface area contributed by atoms with Crippen LogP contribution in [0.25, 0.3) is 11.1 Å². The van der Waals surface area contributed by atoms with Gasteiger partial charge in [0.15, 0.2) is 5.78 Å². The summed E-state index contributed by atoms with van der Waals surface area (Å²) in [7, 11) is 0. The first-order valence-electron chi connectivity index (χ1n) is 9.69. The van der Waals surface area contributed by atoms with E-state index in [1.165, 1.54) is 18.3 Å². The second-order valence-electron chi connectivity index (χ2n) is 7.86. The molecule has 0 amide bonds. The van der Waals surface area contributed by atoms with Crippen LogP contribution in [0.1, 0.15) is 31.2 Å². The first-order chi connectivity index (χ1) is 13.5. The van der Waals surface area contributed by atoms with E-state index in [-0.39, 0.29) is 30.2 Å². The van der Waals surface area contributed by atoms with Gasteiger partial charge in [-0.05, 0) is 60.4 Å². The van der Waals surface area contributed by atoms with Gasteiger partial charge < -0.3 is 10.3 Å².